The average molecular weight is 270 g/mol. The molecule has 0 amide bonds. The predicted molar refractivity (Wildman–Crippen MR) is 64.0 cm³/mol. The molecule has 0 unspecified atom stereocenters. The largest absolute Gasteiger partial charge is 0.393 e. The molecule has 0 aromatic rings. The molecule has 0 atom stereocenters. The Balaban J connectivity index is 3.48. The van der Waals surface area contributed by atoms with Crippen LogP contribution in [-0.4, -0.2) is 24.2 Å². The molecule has 0 saturated carbocycles. The van der Waals surface area contributed by atoms with Crippen LogP contribution in [0.2, 0.25) is 0 Å². The minimum absolute atomic E-state index is 0.0261. The molecular weight excluding hydrogens is 252 g/mol. The van der Waals surface area contributed by atoms with Crippen molar-refractivity contribution in [1.82, 2.24) is 0 Å². The highest BCUT2D eigenvalue weighted by Crippen LogP contribution is 2.06. The average Bonchev–Trinajstić information content (AvgIpc) is 2.34. The highest BCUT2D eigenvalue weighted by Gasteiger charge is 2.10. The van der Waals surface area contributed by atoms with Crippen LogP contribution in [0.4, 0.5) is 0 Å². The maximum Gasteiger partial charge on any atom is 0.355 e. The van der Waals surface area contributed by atoms with E-state index >= 15 is 0 Å². The molecule has 6 heteroatoms. The second-order valence-corrected chi connectivity index (χ2v) is 4.13. The van der Waals surface area contributed by atoms with E-state index in [9.17, 15) is 24.3 Å². The van der Waals surface area contributed by atoms with E-state index in [0.29, 0.717) is 32.1 Å². The quantitative estimate of drug-likeness (QED) is 0.323. The Morgan fingerprint density at radius 3 is 1.84 bits per heavy atom. The van der Waals surface area contributed by atoms with Crippen LogP contribution >= 0.6 is 0 Å². The van der Waals surface area contributed by atoms with Crippen molar-refractivity contribution < 1.29 is 29.0 Å². The molecular formula is C13H18O6. The van der Waals surface area contributed by atoms with E-state index in [4.69, 9.17) is 0 Å². The summed E-state index contributed by atoms with van der Waals surface area (Å²) < 4.78 is 4.55. The van der Waals surface area contributed by atoms with Crippen LogP contribution < -0.4 is 0 Å². The van der Waals surface area contributed by atoms with Gasteiger partial charge in [-0.3, -0.25) is 14.4 Å². The maximum atomic E-state index is 11.2. The minimum Gasteiger partial charge on any atom is -0.393 e. The first-order valence-electron chi connectivity index (χ1n) is 6.34. The van der Waals surface area contributed by atoms with Gasteiger partial charge in [0.15, 0.2) is 6.29 Å². The molecule has 0 rings (SSSR count). The molecule has 106 valence electrons. The summed E-state index contributed by atoms with van der Waals surface area (Å²) in [7, 11) is 0. The van der Waals surface area contributed by atoms with Gasteiger partial charge in [0.25, 0.3) is 0 Å². The number of hydrogen-bond donors (Lipinski definition) is 0. The lowest BCUT2D eigenvalue weighted by Crippen LogP contribution is -2.11. The molecule has 0 aromatic heterocycles. The first kappa shape index (κ1) is 17.3. The van der Waals surface area contributed by atoms with Crippen molar-refractivity contribution in [2.75, 3.05) is 0 Å². The highest BCUT2D eigenvalue weighted by molar-refractivity contribution is 5.85. The summed E-state index contributed by atoms with van der Waals surface area (Å²) in [5, 5.41) is 10.1. The van der Waals surface area contributed by atoms with E-state index in [1.807, 2.05) is 0 Å². The van der Waals surface area contributed by atoms with Crippen molar-refractivity contribution >= 4 is 24.2 Å². The van der Waals surface area contributed by atoms with E-state index in [1.54, 1.807) is 6.29 Å². The fraction of sp³-hybridized carbons (Fsp3) is 0.692. The van der Waals surface area contributed by atoms with Gasteiger partial charge in [0.05, 0.1) is 6.42 Å². The van der Waals surface area contributed by atoms with Crippen LogP contribution in [-0.2, 0) is 29.0 Å². The Morgan fingerprint density at radius 1 is 0.789 bits per heavy atom. The third-order valence-corrected chi connectivity index (χ3v) is 2.40. The number of ether oxygens (including phenoxy) is 1. The van der Waals surface area contributed by atoms with E-state index in [2.05, 4.69) is 4.74 Å². The highest BCUT2D eigenvalue weighted by atomic mass is 16.6. The smallest absolute Gasteiger partial charge is 0.355 e. The molecule has 0 aliphatic heterocycles. The molecule has 0 heterocycles. The van der Waals surface area contributed by atoms with Crippen LogP contribution in [0.3, 0.4) is 0 Å². The Labute approximate surface area is 112 Å². The van der Waals surface area contributed by atoms with Gasteiger partial charge in [-0.15, -0.1) is 0 Å². The number of unbranched alkanes of at least 4 members (excludes halogenated alkanes) is 4. The molecule has 0 aliphatic rings. The summed E-state index contributed by atoms with van der Waals surface area (Å²) in [4.78, 5) is 42.4. The lowest BCUT2D eigenvalue weighted by atomic mass is 10.1. The van der Waals surface area contributed by atoms with Crippen LogP contribution in [0, 0.1) is 0 Å². The normalized spacial score (nSPS) is 9.89. The van der Waals surface area contributed by atoms with Crippen LogP contribution in [0.25, 0.3) is 0 Å². The van der Waals surface area contributed by atoms with Gasteiger partial charge in [0.2, 0.25) is 0 Å². The van der Waals surface area contributed by atoms with Crippen molar-refractivity contribution in [2.45, 2.75) is 57.8 Å². The van der Waals surface area contributed by atoms with Gasteiger partial charge in [-0.1, -0.05) is 6.42 Å². The third kappa shape index (κ3) is 12.5. The summed E-state index contributed by atoms with van der Waals surface area (Å²) in [6, 6.07) is 0. The lowest BCUT2D eigenvalue weighted by molar-refractivity contribution is -0.159. The zero-order chi connectivity index (χ0) is 14.5. The van der Waals surface area contributed by atoms with E-state index in [1.165, 1.54) is 0 Å². The van der Waals surface area contributed by atoms with E-state index < -0.39 is 17.9 Å². The number of carbonyl (C=O) groups is 3. The van der Waals surface area contributed by atoms with Crippen LogP contribution in [0.15, 0.2) is 0 Å². The molecule has 0 fully saturated rings. The molecule has 0 aliphatic carbocycles. The second kappa shape index (κ2) is 11.4. The second-order valence-electron chi connectivity index (χ2n) is 4.13. The van der Waals surface area contributed by atoms with Crippen molar-refractivity contribution in [3.8, 4) is 0 Å². The molecule has 0 saturated heterocycles. The fourth-order valence-electron chi connectivity index (χ4n) is 1.41. The SMILES string of the molecule is [O]C(=O)CCCCCC(=O)OC(=O)CCCC[C]=O. The number of hydrogen-bond acceptors (Lipinski definition) is 5. The van der Waals surface area contributed by atoms with Crippen molar-refractivity contribution in [3.05, 3.63) is 0 Å². The van der Waals surface area contributed by atoms with Gasteiger partial charge in [-0.2, -0.15) is 0 Å². The molecule has 0 bridgehead atoms. The standard InChI is InChI=1S/C13H18O6/c14-10-6-2-5-9-13(18)19-12(17)8-4-1-3-7-11(15)16/h1-9H2. The molecule has 2 radical (unpaired) electrons. The Morgan fingerprint density at radius 2 is 1.32 bits per heavy atom. The van der Waals surface area contributed by atoms with Gasteiger partial charge in [-0.05, 0) is 25.7 Å². The van der Waals surface area contributed by atoms with Gasteiger partial charge in [0.1, 0.15) is 0 Å². The van der Waals surface area contributed by atoms with Gasteiger partial charge in [0, 0.05) is 19.3 Å². The van der Waals surface area contributed by atoms with Crippen LogP contribution in [0.5, 0.6) is 0 Å². The Bertz CT molecular complexity index is 310. The molecule has 0 spiro atoms. The fourth-order valence-corrected chi connectivity index (χ4v) is 1.41. The minimum atomic E-state index is -1.11. The van der Waals surface area contributed by atoms with Crippen molar-refractivity contribution in [1.29, 1.82) is 0 Å². The lowest BCUT2D eigenvalue weighted by Gasteiger charge is -2.02. The van der Waals surface area contributed by atoms with Gasteiger partial charge in [-0.25, -0.2) is 9.90 Å². The zero-order valence-corrected chi connectivity index (χ0v) is 10.8. The van der Waals surface area contributed by atoms with Gasteiger partial charge >= 0.3 is 17.9 Å². The van der Waals surface area contributed by atoms with E-state index in [-0.39, 0.29) is 25.7 Å². The van der Waals surface area contributed by atoms with Crippen molar-refractivity contribution in [3.63, 3.8) is 0 Å². The van der Waals surface area contributed by atoms with Gasteiger partial charge < -0.3 is 4.74 Å². The summed E-state index contributed by atoms with van der Waals surface area (Å²) in [6.07, 6.45) is 4.73. The summed E-state index contributed by atoms with van der Waals surface area (Å²) in [5.74, 6) is -2.30. The van der Waals surface area contributed by atoms with E-state index in [0.717, 1.165) is 0 Å². The molecule has 0 aromatic carbocycles. The topological polar surface area (TPSA) is 97.4 Å². The number of carbonyl (C=O) groups excluding carboxylic acids is 4. The summed E-state index contributed by atoms with van der Waals surface area (Å²) in [5.41, 5.74) is 0. The molecule has 6 nitrogen and oxygen atoms in total. The molecule has 0 N–H and O–H groups in total. The van der Waals surface area contributed by atoms with Crippen molar-refractivity contribution in [2.24, 2.45) is 0 Å². The monoisotopic (exact) mass is 270 g/mol. The zero-order valence-electron chi connectivity index (χ0n) is 10.8. The first-order valence-corrected chi connectivity index (χ1v) is 6.34. The summed E-state index contributed by atoms with van der Waals surface area (Å²) in [6.45, 7) is 0. The molecule has 19 heavy (non-hydrogen) atoms. The van der Waals surface area contributed by atoms with Crippen LogP contribution in [0.1, 0.15) is 57.8 Å². The Kier molecular flexibility index (Phi) is 10.3. The summed E-state index contributed by atoms with van der Waals surface area (Å²) >= 11 is 0. The Hall–Kier alpha value is -1.72. The number of esters is 2. The first-order chi connectivity index (χ1) is 9.06. The number of rotatable bonds is 11. The predicted octanol–water partition coefficient (Wildman–Crippen LogP) is 1.63. The third-order valence-electron chi connectivity index (χ3n) is 2.40. The maximum absolute atomic E-state index is 11.2.